The molecule has 1 saturated heterocycles. The Bertz CT molecular complexity index is 1130. The zero-order valence-electron chi connectivity index (χ0n) is 16.7. The van der Waals surface area contributed by atoms with Crippen LogP contribution in [0.25, 0.3) is 10.9 Å². The lowest BCUT2D eigenvalue weighted by atomic mass is 10.1. The van der Waals surface area contributed by atoms with E-state index in [0.29, 0.717) is 40.9 Å². The Balaban J connectivity index is 1.63. The molecule has 1 fully saturated rings. The summed E-state index contributed by atoms with van der Waals surface area (Å²) >= 11 is 6.24. The highest BCUT2D eigenvalue weighted by Gasteiger charge is 2.31. The van der Waals surface area contributed by atoms with Crippen LogP contribution in [-0.4, -0.2) is 47.1 Å². The van der Waals surface area contributed by atoms with Crippen LogP contribution < -0.4 is 14.8 Å². The van der Waals surface area contributed by atoms with Gasteiger partial charge < -0.3 is 19.7 Å². The van der Waals surface area contributed by atoms with Gasteiger partial charge in [-0.05, 0) is 36.8 Å². The quantitative estimate of drug-likeness (QED) is 0.600. The van der Waals surface area contributed by atoms with Crippen LogP contribution in [0.1, 0.15) is 5.56 Å². The molecule has 2 heterocycles. The first-order valence-corrected chi connectivity index (χ1v) is 9.80. The van der Waals surface area contributed by atoms with Crippen molar-refractivity contribution in [2.75, 3.05) is 25.5 Å². The van der Waals surface area contributed by atoms with Crippen LogP contribution in [0.15, 0.2) is 49.3 Å². The van der Waals surface area contributed by atoms with Crippen molar-refractivity contribution in [3.8, 4) is 11.5 Å². The van der Waals surface area contributed by atoms with Gasteiger partial charge in [0.15, 0.2) is 11.5 Å². The lowest BCUT2D eigenvalue weighted by Gasteiger charge is -2.38. The number of nitrogens with one attached hydrogen (secondary N) is 1. The topological polar surface area (TPSA) is 76.6 Å². The monoisotopic (exact) mass is 424 g/mol. The van der Waals surface area contributed by atoms with Gasteiger partial charge in [-0.15, -0.1) is 0 Å². The van der Waals surface area contributed by atoms with E-state index in [1.807, 2.05) is 37.3 Å². The van der Waals surface area contributed by atoms with Gasteiger partial charge in [-0.25, -0.2) is 9.97 Å². The number of benzene rings is 2. The number of nitrogens with zero attached hydrogens (tertiary/aromatic N) is 3. The molecule has 0 radical (unpaired) electrons. The number of anilines is 2. The molecule has 3 aromatic rings. The van der Waals surface area contributed by atoms with Gasteiger partial charge in [-0.3, -0.25) is 4.79 Å². The third-order valence-electron chi connectivity index (χ3n) is 4.98. The van der Waals surface area contributed by atoms with Gasteiger partial charge in [0.25, 0.3) is 0 Å². The van der Waals surface area contributed by atoms with E-state index in [1.54, 1.807) is 12.0 Å². The highest BCUT2D eigenvalue weighted by molar-refractivity contribution is 6.31. The van der Waals surface area contributed by atoms with Crippen LogP contribution in [-0.2, 0) is 4.79 Å². The SMILES string of the molecule is C=CC(=O)N1CC(Oc2cc3c(Nc4ccc(C)c(Cl)c4)ncnc3cc2OC)C1. The summed E-state index contributed by atoms with van der Waals surface area (Å²) in [6, 6.07) is 9.40. The Morgan fingerprint density at radius 3 is 2.77 bits per heavy atom. The zero-order chi connectivity index (χ0) is 21.3. The molecule has 0 spiro atoms. The number of rotatable bonds is 6. The molecule has 1 aromatic heterocycles. The Kier molecular flexibility index (Phi) is 5.46. The second kappa shape index (κ2) is 8.20. The van der Waals surface area contributed by atoms with Crippen LogP contribution in [0.5, 0.6) is 11.5 Å². The maximum atomic E-state index is 11.6. The van der Waals surface area contributed by atoms with E-state index in [0.717, 1.165) is 16.6 Å². The van der Waals surface area contributed by atoms with Gasteiger partial charge in [0.05, 0.1) is 25.7 Å². The first-order chi connectivity index (χ1) is 14.5. The van der Waals surface area contributed by atoms with Gasteiger partial charge in [0.1, 0.15) is 18.2 Å². The lowest BCUT2D eigenvalue weighted by molar-refractivity contribution is -0.134. The average Bonchev–Trinajstić information content (AvgIpc) is 2.72. The number of methoxy groups -OCH3 is 1. The van der Waals surface area contributed by atoms with E-state index in [9.17, 15) is 4.79 Å². The molecule has 1 N–H and O–H groups in total. The number of aryl methyl sites for hydroxylation is 1. The number of hydrogen-bond donors (Lipinski definition) is 1. The number of halogens is 1. The molecule has 4 rings (SSSR count). The maximum Gasteiger partial charge on any atom is 0.246 e. The molecular formula is C22H21ClN4O3. The van der Waals surface area contributed by atoms with Gasteiger partial charge in [-0.1, -0.05) is 24.2 Å². The van der Waals surface area contributed by atoms with Crippen molar-refractivity contribution in [1.29, 1.82) is 0 Å². The highest BCUT2D eigenvalue weighted by atomic mass is 35.5. The Morgan fingerprint density at radius 1 is 1.27 bits per heavy atom. The summed E-state index contributed by atoms with van der Waals surface area (Å²) in [6.07, 6.45) is 2.68. The molecule has 0 bridgehead atoms. The molecule has 2 aromatic carbocycles. The number of ether oxygens (including phenoxy) is 2. The van der Waals surface area contributed by atoms with Crippen molar-refractivity contribution >= 4 is 39.9 Å². The van der Waals surface area contributed by atoms with Crippen LogP contribution in [0.3, 0.4) is 0 Å². The smallest absolute Gasteiger partial charge is 0.246 e. The van der Waals surface area contributed by atoms with E-state index in [1.165, 1.54) is 12.4 Å². The zero-order valence-corrected chi connectivity index (χ0v) is 17.4. The number of amides is 1. The summed E-state index contributed by atoms with van der Waals surface area (Å²) in [5.74, 6) is 1.67. The lowest BCUT2D eigenvalue weighted by Crippen LogP contribution is -2.55. The number of likely N-dealkylation sites (tertiary alicyclic amines) is 1. The summed E-state index contributed by atoms with van der Waals surface area (Å²) in [6.45, 7) is 6.47. The minimum Gasteiger partial charge on any atom is -0.493 e. The number of carbonyl (C=O) groups excluding carboxylic acids is 1. The number of aromatic nitrogens is 2. The molecule has 8 heteroatoms. The molecular weight excluding hydrogens is 404 g/mol. The molecule has 1 aliphatic rings. The maximum absolute atomic E-state index is 11.6. The predicted molar refractivity (Wildman–Crippen MR) is 117 cm³/mol. The molecule has 0 unspecified atom stereocenters. The van der Waals surface area contributed by atoms with Crippen molar-refractivity contribution in [1.82, 2.24) is 14.9 Å². The fourth-order valence-corrected chi connectivity index (χ4v) is 3.40. The fraction of sp³-hybridized carbons (Fsp3) is 0.227. The second-order valence-electron chi connectivity index (χ2n) is 7.02. The van der Waals surface area contributed by atoms with Gasteiger partial charge in [0.2, 0.25) is 5.91 Å². The minimum absolute atomic E-state index is 0.100. The Labute approximate surface area is 179 Å². The Morgan fingerprint density at radius 2 is 2.07 bits per heavy atom. The summed E-state index contributed by atoms with van der Waals surface area (Å²) in [4.78, 5) is 22.0. The van der Waals surface area contributed by atoms with Gasteiger partial charge in [-0.2, -0.15) is 0 Å². The third-order valence-corrected chi connectivity index (χ3v) is 5.39. The summed E-state index contributed by atoms with van der Waals surface area (Å²) in [7, 11) is 1.58. The molecule has 1 amide bonds. The largest absolute Gasteiger partial charge is 0.493 e. The molecule has 0 atom stereocenters. The molecule has 0 aliphatic carbocycles. The summed E-state index contributed by atoms with van der Waals surface area (Å²) < 4.78 is 11.6. The van der Waals surface area contributed by atoms with Crippen molar-refractivity contribution in [3.63, 3.8) is 0 Å². The van der Waals surface area contributed by atoms with Crippen molar-refractivity contribution in [3.05, 3.63) is 59.9 Å². The fourth-order valence-electron chi connectivity index (χ4n) is 3.22. The normalized spacial score (nSPS) is 13.6. The van der Waals surface area contributed by atoms with E-state index < -0.39 is 0 Å². The first kappa shape index (κ1) is 20.0. The van der Waals surface area contributed by atoms with Crippen LogP contribution >= 0.6 is 11.6 Å². The van der Waals surface area contributed by atoms with Gasteiger partial charge >= 0.3 is 0 Å². The molecule has 154 valence electrons. The van der Waals surface area contributed by atoms with Crippen LogP contribution in [0, 0.1) is 6.92 Å². The van der Waals surface area contributed by atoms with Crippen LogP contribution in [0.2, 0.25) is 5.02 Å². The Hall–Kier alpha value is -3.32. The third kappa shape index (κ3) is 3.89. The number of fused-ring (bicyclic) bond motifs is 1. The minimum atomic E-state index is -0.114. The second-order valence-corrected chi connectivity index (χ2v) is 7.43. The van der Waals surface area contributed by atoms with Crippen LogP contribution in [0.4, 0.5) is 11.5 Å². The average molecular weight is 425 g/mol. The molecule has 30 heavy (non-hydrogen) atoms. The van der Waals surface area contributed by atoms with Crippen molar-refractivity contribution in [2.24, 2.45) is 0 Å². The molecule has 1 aliphatic heterocycles. The number of carbonyl (C=O) groups is 1. The van der Waals surface area contributed by atoms with E-state index in [-0.39, 0.29) is 12.0 Å². The van der Waals surface area contributed by atoms with Crippen molar-refractivity contribution < 1.29 is 14.3 Å². The predicted octanol–water partition coefficient (Wildman–Crippen LogP) is 4.12. The summed E-state index contributed by atoms with van der Waals surface area (Å²) in [5, 5.41) is 4.75. The summed E-state index contributed by atoms with van der Waals surface area (Å²) in [5.41, 5.74) is 2.54. The van der Waals surface area contributed by atoms with E-state index in [2.05, 4.69) is 21.9 Å². The van der Waals surface area contributed by atoms with E-state index >= 15 is 0 Å². The van der Waals surface area contributed by atoms with Gasteiger partial charge in [0, 0.05) is 22.2 Å². The standard InChI is InChI=1S/C22H21ClN4O3/c1-4-21(28)27-10-15(11-27)30-20-8-16-18(9-19(20)29-3)24-12-25-22(16)26-14-6-5-13(2)17(23)7-14/h4-9,12,15H,1,10-11H2,2-3H3,(H,24,25,26). The van der Waals surface area contributed by atoms with Crippen molar-refractivity contribution in [2.45, 2.75) is 13.0 Å². The molecule has 0 saturated carbocycles. The molecule has 7 nitrogen and oxygen atoms in total. The highest BCUT2D eigenvalue weighted by Crippen LogP contribution is 2.36. The van der Waals surface area contributed by atoms with E-state index in [4.69, 9.17) is 21.1 Å². The first-order valence-electron chi connectivity index (χ1n) is 9.42. The number of hydrogen-bond acceptors (Lipinski definition) is 6.